The molecule has 0 spiro atoms. The Balaban J connectivity index is 2.80. The molecule has 0 saturated heterocycles. The first-order valence-corrected chi connectivity index (χ1v) is 6.56. The first-order valence-electron chi connectivity index (χ1n) is 6.56. The molecule has 0 atom stereocenters. The van der Waals surface area contributed by atoms with E-state index in [2.05, 4.69) is 13.2 Å². The maximum Gasteiger partial charge on any atom is 0.196 e. The maximum absolute atomic E-state index is 8.75. The molecule has 0 N–H and O–H groups in total. The Morgan fingerprint density at radius 3 is 2.23 bits per heavy atom. The quantitative estimate of drug-likeness (QED) is 0.375. The predicted molar refractivity (Wildman–Crippen MR) is 82.4 cm³/mol. The molecule has 22 heavy (non-hydrogen) atoms. The van der Waals surface area contributed by atoms with Gasteiger partial charge in [0.25, 0.3) is 0 Å². The summed E-state index contributed by atoms with van der Waals surface area (Å²) in [5.74, 6) is 1.04. The normalized spacial score (nSPS) is 9.00. The van der Waals surface area contributed by atoms with Gasteiger partial charge in [0, 0.05) is 12.1 Å². The Bertz CT molecular complexity index is 575. The molecule has 0 saturated carbocycles. The fourth-order valence-electron chi connectivity index (χ4n) is 1.65. The van der Waals surface area contributed by atoms with E-state index in [1.807, 2.05) is 4.90 Å². The summed E-state index contributed by atoms with van der Waals surface area (Å²) in [5, 5.41) is 17.5. The van der Waals surface area contributed by atoms with Crippen LogP contribution in [0.2, 0.25) is 0 Å². The van der Waals surface area contributed by atoms with Crippen LogP contribution in [0, 0.1) is 22.7 Å². The van der Waals surface area contributed by atoms with Gasteiger partial charge in [-0.25, -0.2) is 0 Å². The van der Waals surface area contributed by atoms with Gasteiger partial charge in [0.1, 0.15) is 36.7 Å². The van der Waals surface area contributed by atoms with E-state index in [0.717, 1.165) is 0 Å². The molecule has 1 aromatic rings. The lowest BCUT2D eigenvalue weighted by Crippen LogP contribution is -2.30. The van der Waals surface area contributed by atoms with Crippen LogP contribution in [0.25, 0.3) is 6.08 Å². The first kappa shape index (κ1) is 16.9. The molecule has 1 aromatic heterocycles. The molecule has 0 aliphatic rings. The van der Waals surface area contributed by atoms with E-state index in [0.29, 0.717) is 37.9 Å². The smallest absolute Gasteiger partial charge is 0.196 e. The molecule has 0 aliphatic carbocycles. The first-order chi connectivity index (χ1) is 10.7. The molecule has 6 heteroatoms. The molecule has 0 aromatic carbocycles. The van der Waals surface area contributed by atoms with Crippen molar-refractivity contribution in [1.29, 1.82) is 10.5 Å². The summed E-state index contributed by atoms with van der Waals surface area (Å²) in [7, 11) is 0. The van der Waals surface area contributed by atoms with E-state index >= 15 is 0 Å². The van der Waals surface area contributed by atoms with Gasteiger partial charge in [0.05, 0.1) is 25.6 Å². The number of furan rings is 1. The fraction of sp³-hybridized carbons (Fsp3) is 0.250. The summed E-state index contributed by atoms with van der Waals surface area (Å²) >= 11 is 0. The summed E-state index contributed by atoms with van der Waals surface area (Å²) in [6, 6.07) is 7.03. The van der Waals surface area contributed by atoms with E-state index in [1.54, 1.807) is 24.3 Å². The second-order valence-electron chi connectivity index (χ2n) is 4.02. The lowest BCUT2D eigenvalue weighted by atomic mass is 10.3. The molecule has 1 heterocycles. The van der Waals surface area contributed by atoms with Crippen LogP contribution in [0.4, 0.5) is 5.88 Å². The molecule has 6 nitrogen and oxygen atoms in total. The molecule has 0 radical (unpaired) electrons. The zero-order valence-electron chi connectivity index (χ0n) is 12.2. The van der Waals surface area contributed by atoms with Crippen molar-refractivity contribution < 1.29 is 13.9 Å². The summed E-state index contributed by atoms with van der Waals surface area (Å²) in [6.45, 7) is 9.03. The van der Waals surface area contributed by atoms with Gasteiger partial charge in [-0.2, -0.15) is 10.5 Å². The average molecular weight is 299 g/mol. The fourth-order valence-corrected chi connectivity index (χ4v) is 1.65. The summed E-state index contributed by atoms with van der Waals surface area (Å²) < 4.78 is 15.9. The SMILES string of the molecule is C=COCCN(CCOC=C)c1ccc(C=C(C#N)C#N)o1. The van der Waals surface area contributed by atoms with Gasteiger partial charge < -0.3 is 18.8 Å². The van der Waals surface area contributed by atoms with Crippen molar-refractivity contribution in [3.63, 3.8) is 0 Å². The Labute approximate surface area is 129 Å². The van der Waals surface area contributed by atoms with Crippen molar-refractivity contribution in [2.24, 2.45) is 0 Å². The number of hydrogen-bond acceptors (Lipinski definition) is 6. The third-order valence-corrected chi connectivity index (χ3v) is 2.65. The standard InChI is InChI=1S/C16H17N3O3/c1-3-20-9-7-19(8-10-21-4-2)16-6-5-15(22-16)11-14(12-17)13-18/h3-6,11H,1-2,7-10H2. The van der Waals surface area contributed by atoms with Crippen molar-refractivity contribution in [2.75, 3.05) is 31.2 Å². The second kappa shape index (κ2) is 9.73. The molecular formula is C16H17N3O3. The van der Waals surface area contributed by atoms with Gasteiger partial charge in [0.2, 0.25) is 0 Å². The van der Waals surface area contributed by atoms with Crippen molar-refractivity contribution in [1.82, 2.24) is 0 Å². The lowest BCUT2D eigenvalue weighted by molar-refractivity contribution is 0.237. The molecule has 0 unspecified atom stereocenters. The van der Waals surface area contributed by atoms with E-state index in [-0.39, 0.29) is 5.57 Å². The molecule has 0 bridgehead atoms. The second-order valence-corrected chi connectivity index (χ2v) is 4.02. The van der Waals surface area contributed by atoms with Crippen LogP contribution in [0.5, 0.6) is 0 Å². The number of rotatable bonds is 10. The number of allylic oxidation sites excluding steroid dienone is 1. The van der Waals surface area contributed by atoms with Crippen LogP contribution in [-0.2, 0) is 9.47 Å². The number of ether oxygens (including phenoxy) is 2. The van der Waals surface area contributed by atoms with Crippen LogP contribution in [0.1, 0.15) is 5.76 Å². The van der Waals surface area contributed by atoms with Gasteiger partial charge in [-0.1, -0.05) is 13.2 Å². The van der Waals surface area contributed by atoms with Crippen molar-refractivity contribution in [3.05, 3.63) is 49.1 Å². The molecule has 0 fully saturated rings. The van der Waals surface area contributed by atoms with Gasteiger partial charge >= 0.3 is 0 Å². The zero-order valence-corrected chi connectivity index (χ0v) is 12.2. The van der Waals surface area contributed by atoms with E-state index < -0.39 is 0 Å². The topological polar surface area (TPSA) is 82.4 Å². The highest BCUT2D eigenvalue weighted by Gasteiger charge is 2.11. The van der Waals surface area contributed by atoms with E-state index in [4.69, 9.17) is 24.4 Å². The zero-order chi connectivity index (χ0) is 16.2. The van der Waals surface area contributed by atoms with Gasteiger partial charge in [-0.15, -0.1) is 0 Å². The van der Waals surface area contributed by atoms with Gasteiger partial charge in [-0.3, -0.25) is 0 Å². The maximum atomic E-state index is 8.75. The predicted octanol–water partition coefficient (Wildman–Crippen LogP) is 2.84. The summed E-state index contributed by atoms with van der Waals surface area (Å²) in [4.78, 5) is 1.92. The van der Waals surface area contributed by atoms with Gasteiger partial charge in [0.15, 0.2) is 5.88 Å². The van der Waals surface area contributed by atoms with Crippen molar-refractivity contribution >= 4 is 12.0 Å². The number of hydrogen-bond donors (Lipinski definition) is 0. The Morgan fingerprint density at radius 1 is 1.14 bits per heavy atom. The highest BCUT2D eigenvalue weighted by atomic mass is 16.5. The summed E-state index contributed by atoms with van der Waals surface area (Å²) in [5.41, 5.74) is -0.0163. The lowest BCUT2D eigenvalue weighted by Gasteiger charge is -2.21. The largest absolute Gasteiger partial charge is 0.500 e. The molecule has 0 amide bonds. The van der Waals surface area contributed by atoms with Crippen LogP contribution >= 0.6 is 0 Å². The van der Waals surface area contributed by atoms with Crippen LogP contribution in [0.3, 0.4) is 0 Å². The average Bonchev–Trinajstić information content (AvgIpc) is 3.00. The highest BCUT2D eigenvalue weighted by Crippen LogP contribution is 2.20. The summed E-state index contributed by atoms with van der Waals surface area (Å²) in [6.07, 6.45) is 4.14. The van der Waals surface area contributed by atoms with Crippen molar-refractivity contribution in [3.8, 4) is 12.1 Å². The molecular weight excluding hydrogens is 282 g/mol. The molecule has 114 valence electrons. The monoisotopic (exact) mass is 299 g/mol. The number of nitriles is 2. The molecule has 1 rings (SSSR count). The molecule has 0 aliphatic heterocycles. The van der Waals surface area contributed by atoms with Crippen molar-refractivity contribution in [2.45, 2.75) is 0 Å². The number of nitrogens with zero attached hydrogens (tertiary/aromatic N) is 3. The number of anilines is 1. The minimum absolute atomic E-state index is 0.0163. The third-order valence-electron chi connectivity index (χ3n) is 2.65. The van der Waals surface area contributed by atoms with Crippen LogP contribution in [-0.4, -0.2) is 26.3 Å². The van der Waals surface area contributed by atoms with E-state index in [9.17, 15) is 0 Å². The Hall–Kier alpha value is -3.12. The highest BCUT2D eigenvalue weighted by molar-refractivity contribution is 5.60. The third kappa shape index (κ3) is 5.48. The Kier molecular flexibility index (Phi) is 7.49. The Morgan fingerprint density at radius 2 is 1.73 bits per heavy atom. The van der Waals surface area contributed by atoms with Gasteiger partial charge in [-0.05, 0) is 6.07 Å². The van der Waals surface area contributed by atoms with Crippen LogP contribution in [0.15, 0.2) is 47.8 Å². The van der Waals surface area contributed by atoms with Crippen LogP contribution < -0.4 is 4.90 Å². The minimum atomic E-state index is -0.0163. The van der Waals surface area contributed by atoms with E-state index in [1.165, 1.54) is 18.6 Å². The minimum Gasteiger partial charge on any atom is -0.500 e.